The van der Waals surface area contributed by atoms with Gasteiger partial charge < -0.3 is 15.2 Å². The van der Waals surface area contributed by atoms with E-state index < -0.39 is 24.0 Å². The number of carboxylic acid groups (broad SMARTS) is 1. The first-order chi connectivity index (χ1) is 11.0. The van der Waals surface area contributed by atoms with Crippen LogP contribution in [0.1, 0.15) is 13.0 Å². The molecule has 0 fully saturated rings. The van der Waals surface area contributed by atoms with Crippen molar-refractivity contribution in [3.8, 4) is 11.4 Å². The molecule has 1 aromatic carbocycles. The quantitative estimate of drug-likeness (QED) is 0.743. The number of nitrogens with one attached hydrogen (secondary N) is 1. The lowest BCUT2D eigenvalue weighted by Crippen LogP contribution is -2.40. The van der Waals surface area contributed by atoms with Gasteiger partial charge in [0.25, 0.3) is 0 Å². The van der Waals surface area contributed by atoms with E-state index >= 15 is 0 Å². The van der Waals surface area contributed by atoms with Gasteiger partial charge in [-0.15, -0.1) is 10.2 Å². The summed E-state index contributed by atoms with van der Waals surface area (Å²) in [4.78, 5) is 24.1. The molecular formula is C14H17N5O4. The zero-order valence-electron chi connectivity index (χ0n) is 12.7. The maximum Gasteiger partial charge on any atom is 0.334 e. The van der Waals surface area contributed by atoms with E-state index in [1.54, 1.807) is 6.92 Å². The molecule has 0 saturated carbocycles. The molecule has 0 radical (unpaired) electrons. The number of amides is 1. The highest BCUT2D eigenvalue weighted by Gasteiger charge is 2.22. The van der Waals surface area contributed by atoms with Crippen molar-refractivity contribution in [1.82, 2.24) is 25.5 Å². The summed E-state index contributed by atoms with van der Waals surface area (Å²) >= 11 is 0. The predicted molar refractivity (Wildman–Crippen MR) is 79.4 cm³/mol. The van der Waals surface area contributed by atoms with Gasteiger partial charge >= 0.3 is 5.97 Å². The standard InChI is InChI=1S/C14H17N5O4/c1-9(13(20)15-8-11(23-2)14(21)22)19-17-12(16-18-19)10-6-4-3-5-7-10/h3-7,9,11H,8H2,1-2H3,(H,15,20)(H,21,22). The number of tetrazole rings is 1. The number of aliphatic carboxylic acids is 1. The molecule has 9 heteroatoms. The molecule has 2 atom stereocenters. The second-order valence-electron chi connectivity index (χ2n) is 4.78. The average Bonchev–Trinajstić information content (AvgIpc) is 3.05. The minimum atomic E-state index is -1.15. The lowest BCUT2D eigenvalue weighted by atomic mass is 10.2. The van der Waals surface area contributed by atoms with E-state index in [-0.39, 0.29) is 6.54 Å². The minimum absolute atomic E-state index is 0.144. The second-order valence-corrected chi connectivity index (χ2v) is 4.78. The lowest BCUT2D eigenvalue weighted by Gasteiger charge is -2.14. The van der Waals surface area contributed by atoms with E-state index in [0.717, 1.165) is 5.56 Å². The van der Waals surface area contributed by atoms with Crippen LogP contribution in [-0.2, 0) is 14.3 Å². The highest BCUT2D eigenvalue weighted by atomic mass is 16.5. The SMILES string of the molecule is COC(CNC(=O)C(C)n1nnc(-c2ccccc2)n1)C(=O)O. The van der Waals surface area contributed by atoms with Crippen LogP contribution in [0.3, 0.4) is 0 Å². The first-order valence-corrected chi connectivity index (χ1v) is 6.91. The van der Waals surface area contributed by atoms with Crippen molar-refractivity contribution >= 4 is 11.9 Å². The first-order valence-electron chi connectivity index (χ1n) is 6.91. The molecule has 2 aromatic rings. The molecule has 0 bridgehead atoms. The van der Waals surface area contributed by atoms with Crippen LogP contribution in [0.5, 0.6) is 0 Å². The molecule has 2 N–H and O–H groups in total. The zero-order chi connectivity index (χ0) is 16.8. The summed E-state index contributed by atoms with van der Waals surface area (Å²) in [7, 11) is 1.26. The van der Waals surface area contributed by atoms with E-state index in [4.69, 9.17) is 9.84 Å². The van der Waals surface area contributed by atoms with Gasteiger partial charge in [-0.2, -0.15) is 4.80 Å². The van der Waals surface area contributed by atoms with Gasteiger partial charge in [0.1, 0.15) is 6.04 Å². The molecule has 122 valence electrons. The van der Waals surface area contributed by atoms with Gasteiger partial charge in [-0.1, -0.05) is 30.3 Å². The van der Waals surface area contributed by atoms with Crippen LogP contribution in [0.2, 0.25) is 0 Å². The van der Waals surface area contributed by atoms with Gasteiger partial charge in [0.2, 0.25) is 11.7 Å². The number of ether oxygens (including phenoxy) is 1. The zero-order valence-corrected chi connectivity index (χ0v) is 12.7. The number of hydrogen-bond acceptors (Lipinski definition) is 6. The Kier molecular flexibility index (Phi) is 5.36. The Morgan fingerprint density at radius 2 is 2.04 bits per heavy atom. The molecule has 23 heavy (non-hydrogen) atoms. The monoisotopic (exact) mass is 319 g/mol. The predicted octanol–water partition coefficient (Wildman–Crippen LogP) is 0.117. The fraction of sp³-hybridized carbons (Fsp3) is 0.357. The van der Waals surface area contributed by atoms with Gasteiger partial charge in [-0.3, -0.25) is 4.79 Å². The maximum absolute atomic E-state index is 12.0. The van der Waals surface area contributed by atoms with Gasteiger partial charge in [0.15, 0.2) is 6.10 Å². The van der Waals surface area contributed by atoms with E-state index in [9.17, 15) is 9.59 Å². The Bertz CT molecular complexity index is 673. The number of hydrogen-bond donors (Lipinski definition) is 2. The summed E-state index contributed by atoms with van der Waals surface area (Å²) in [6.45, 7) is 1.45. The average molecular weight is 319 g/mol. The van der Waals surface area contributed by atoms with Crippen LogP contribution in [0.25, 0.3) is 11.4 Å². The van der Waals surface area contributed by atoms with E-state index in [0.29, 0.717) is 5.82 Å². The van der Waals surface area contributed by atoms with Gasteiger partial charge in [-0.05, 0) is 12.1 Å². The molecule has 0 aliphatic carbocycles. The highest BCUT2D eigenvalue weighted by Crippen LogP contribution is 2.13. The Labute approximate surface area is 132 Å². The summed E-state index contributed by atoms with van der Waals surface area (Å²) in [5.41, 5.74) is 0.789. The molecule has 1 aromatic heterocycles. The molecule has 1 heterocycles. The maximum atomic E-state index is 12.0. The van der Waals surface area contributed by atoms with Gasteiger partial charge in [0, 0.05) is 12.7 Å². The lowest BCUT2D eigenvalue weighted by molar-refractivity contribution is -0.148. The topological polar surface area (TPSA) is 119 Å². The summed E-state index contributed by atoms with van der Waals surface area (Å²) in [6, 6.07) is 8.51. The number of methoxy groups -OCH3 is 1. The normalized spacial score (nSPS) is 13.3. The van der Waals surface area contributed by atoms with Crippen LogP contribution >= 0.6 is 0 Å². The van der Waals surface area contributed by atoms with Gasteiger partial charge in [-0.25, -0.2) is 4.79 Å². The van der Waals surface area contributed by atoms with Crippen molar-refractivity contribution in [2.24, 2.45) is 0 Å². The number of carbonyl (C=O) groups excluding carboxylic acids is 1. The third-order valence-electron chi connectivity index (χ3n) is 3.21. The summed E-state index contributed by atoms with van der Waals surface area (Å²) in [5, 5.41) is 23.3. The van der Waals surface area contributed by atoms with Crippen molar-refractivity contribution in [1.29, 1.82) is 0 Å². The molecular weight excluding hydrogens is 302 g/mol. The number of carbonyl (C=O) groups is 2. The Hall–Kier alpha value is -2.81. The number of rotatable bonds is 7. The molecule has 0 saturated heterocycles. The van der Waals surface area contributed by atoms with E-state index in [1.807, 2.05) is 30.3 Å². The fourth-order valence-corrected chi connectivity index (χ4v) is 1.81. The largest absolute Gasteiger partial charge is 0.479 e. The van der Waals surface area contributed by atoms with Gasteiger partial charge in [0.05, 0.1) is 6.54 Å². The summed E-state index contributed by atoms with van der Waals surface area (Å²) in [6.07, 6.45) is -1.10. The minimum Gasteiger partial charge on any atom is -0.479 e. The molecule has 0 spiro atoms. The van der Waals surface area contributed by atoms with Crippen LogP contribution in [0, 0.1) is 0 Å². The molecule has 9 nitrogen and oxygen atoms in total. The van der Waals surface area contributed by atoms with Crippen LogP contribution in [0.15, 0.2) is 30.3 Å². The van der Waals surface area contributed by atoms with Crippen LogP contribution in [-0.4, -0.2) is 56.9 Å². The molecule has 0 aliphatic rings. The third kappa shape index (κ3) is 4.10. The summed E-state index contributed by atoms with van der Waals surface area (Å²) in [5.74, 6) is -1.17. The summed E-state index contributed by atoms with van der Waals surface area (Å²) < 4.78 is 4.74. The van der Waals surface area contributed by atoms with Crippen molar-refractivity contribution in [3.05, 3.63) is 30.3 Å². The highest BCUT2D eigenvalue weighted by molar-refractivity contribution is 5.81. The number of carboxylic acids is 1. The molecule has 2 unspecified atom stereocenters. The van der Waals surface area contributed by atoms with Crippen molar-refractivity contribution in [2.45, 2.75) is 19.1 Å². The number of nitrogens with zero attached hydrogens (tertiary/aromatic N) is 4. The third-order valence-corrected chi connectivity index (χ3v) is 3.21. The van der Waals surface area contributed by atoms with Crippen LogP contribution in [0.4, 0.5) is 0 Å². The second kappa shape index (κ2) is 7.45. The van der Waals surface area contributed by atoms with E-state index in [1.165, 1.54) is 11.9 Å². The van der Waals surface area contributed by atoms with E-state index in [2.05, 4.69) is 20.7 Å². The Balaban J connectivity index is 2.00. The number of aromatic nitrogens is 4. The van der Waals surface area contributed by atoms with Crippen molar-refractivity contribution < 1.29 is 19.4 Å². The molecule has 0 aliphatic heterocycles. The molecule has 2 rings (SSSR count). The number of benzene rings is 1. The molecule has 1 amide bonds. The van der Waals surface area contributed by atoms with Crippen molar-refractivity contribution in [2.75, 3.05) is 13.7 Å². The Morgan fingerprint density at radius 1 is 1.35 bits per heavy atom. The first kappa shape index (κ1) is 16.6. The Morgan fingerprint density at radius 3 is 2.65 bits per heavy atom. The van der Waals surface area contributed by atoms with Crippen LogP contribution < -0.4 is 5.32 Å². The fourth-order valence-electron chi connectivity index (χ4n) is 1.81. The van der Waals surface area contributed by atoms with Crippen molar-refractivity contribution in [3.63, 3.8) is 0 Å². The smallest absolute Gasteiger partial charge is 0.334 e.